The third-order valence-corrected chi connectivity index (χ3v) is 2.14. The van der Waals surface area contributed by atoms with Gasteiger partial charge in [0, 0.05) is 9.64 Å². The van der Waals surface area contributed by atoms with Crippen LogP contribution in [-0.2, 0) is 6.18 Å². The number of halogens is 6. The molecule has 13 heavy (non-hydrogen) atoms. The van der Waals surface area contributed by atoms with Gasteiger partial charge in [-0.05, 0) is 28.7 Å². The monoisotopic (exact) mass is 308 g/mol. The molecule has 0 aliphatic carbocycles. The maximum atomic E-state index is 12.6. The number of benzene rings is 1. The van der Waals surface area contributed by atoms with Gasteiger partial charge in [0.15, 0.2) is 0 Å². The molecule has 1 aromatic rings. The fraction of sp³-hybridized carbons (Fsp3) is 0.143. The van der Waals surface area contributed by atoms with Crippen molar-refractivity contribution in [2.24, 2.45) is 0 Å². The standard InChI is InChI=1S/C7H2F5I/c8-4-2-5(9)6(13)1-3(4)7(10,11)12/h1-2H. The lowest BCUT2D eigenvalue weighted by Gasteiger charge is -2.08. The van der Waals surface area contributed by atoms with E-state index in [4.69, 9.17) is 0 Å². The number of rotatable bonds is 0. The highest BCUT2D eigenvalue weighted by molar-refractivity contribution is 14.1. The number of hydrogen-bond acceptors (Lipinski definition) is 0. The first-order chi connectivity index (χ1) is 5.82. The van der Waals surface area contributed by atoms with Crippen LogP contribution in [0.3, 0.4) is 0 Å². The Labute approximate surface area is 83.9 Å². The topological polar surface area (TPSA) is 0 Å². The normalized spacial score (nSPS) is 11.8. The Bertz CT molecular complexity index is 330. The van der Waals surface area contributed by atoms with E-state index in [0.717, 1.165) is 0 Å². The van der Waals surface area contributed by atoms with Crippen LogP contribution in [0.2, 0.25) is 0 Å². The Kier molecular flexibility index (Phi) is 2.79. The van der Waals surface area contributed by atoms with Crippen LogP contribution in [0.4, 0.5) is 22.0 Å². The molecule has 0 saturated carbocycles. The smallest absolute Gasteiger partial charge is 0.206 e. The van der Waals surface area contributed by atoms with Gasteiger partial charge in [-0.25, -0.2) is 8.78 Å². The molecule has 72 valence electrons. The molecule has 0 amide bonds. The Morgan fingerprint density at radius 3 is 2.00 bits per heavy atom. The van der Waals surface area contributed by atoms with Crippen LogP contribution in [0.15, 0.2) is 12.1 Å². The van der Waals surface area contributed by atoms with Crippen LogP contribution < -0.4 is 0 Å². The van der Waals surface area contributed by atoms with Gasteiger partial charge in [0.05, 0.1) is 5.56 Å². The molecular formula is C7H2F5I. The van der Waals surface area contributed by atoms with Gasteiger partial charge >= 0.3 is 6.18 Å². The van der Waals surface area contributed by atoms with Crippen molar-refractivity contribution in [2.45, 2.75) is 6.18 Å². The first kappa shape index (κ1) is 10.7. The molecule has 0 spiro atoms. The molecular weight excluding hydrogens is 306 g/mol. The maximum Gasteiger partial charge on any atom is 0.419 e. The minimum Gasteiger partial charge on any atom is -0.206 e. The second-order valence-electron chi connectivity index (χ2n) is 2.24. The zero-order chi connectivity index (χ0) is 10.2. The molecule has 0 atom stereocenters. The molecule has 1 aromatic carbocycles. The van der Waals surface area contributed by atoms with Crippen molar-refractivity contribution >= 4 is 22.6 Å². The van der Waals surface area contributed by atoms with Crippen LogP contribution in [0.5, 0.6) is 0 Å². The molecule has 0 saturated heterocycles. The summed E-state index contributed by atoms with van der Waals surface area (Å²) in [4.78, 5) is 0. The van der Waals surface area contributed by atoms with Crippen molar-refractivity contribution in [2.75, 3.05) is 0 Å². The summed E-state index contributed by atoms with van der Waals surface area (Å²) in [5.41, 5.74) is -1.45. The first-order valence-electron chi connectivity index (χ1n) is 3.04. The minimum atomic E-state index is -4.78. The van der Waals surface area contributed by atoms with E-state index in [1.807, 2.05) is 0 Å². The molecule has 0 aromatic heterocycles. The van der Waals surface area contributed by atoms with Crippen molar-refractivity contribution < 1.29 is 22.0 Å². The predicted molar refractivity (Wildman–Crippen MR) is 44.1 cm³/mol. The summed E-state index contributed by atoms with van der Waals surface area (Å²) < 4.78 is 60.8. The lowest BCUT2D eigenvalue weighted by atomic mass is 10.2. The fourth-order valence-corrected chi connectivity index (χ4v) is 1.21. The summed E-state index contributed by atoms with van der Waals surface area (Å²) in [5.74, 6) is -2.59. The second-order valence-corrected chi connectivity index (χ2v) is 3.41. The summed E-state index contributed by atoms with van der Waals surface area (Å²) in [6.07, 6.45) is -4.78. The average Bonchev–Trinajstić information content (AvgIpc) is 1.94. The number of alkyl halides is 3. The highest BCUT2D eigenvalue weighted by atomic mass is 127. The molecule has 1 rings (SSSR count). The van der Waals surface area contributed by atoms with Crippen molar-refractivity contribution in [1.82, 2.24) is 0 Å². The minimum absolute atomic E-state index is 0.227. The van der Waals surface area contributed by atoms with Gasteiger partial charge in [-0.2, -0.15) is 13.2 Å². The van der Waals surface area contributed by atoms with Gasteiger partial charge in [-0.3, -0.25) is 0 Å². The summed E-state index contributed by atoms with van der Waals surface area (Å²) >= 11 is 1.36. The van der Waals surface area contributed by atoms with E-state index in [2.05, 4.69) is 0 Å². The van der Waals surface area contributed by atoms with Crippen molar-refractivity contribution in [3.63, 3.8) is 0 Å². The molecule has 0 unspecified atom stereocenters. The quantitative estimate of drug-likeness (QED) is 0.390. The number of hydrogen-bond donors (Lipinski definition) is 0. The van der Waals surface area contributed by atoms with Gasteiger partial charge in [0.2, 0.25) is 0 Å². The Hall–Kier alpha value is -0.400. The molecule has 0 bridgehead atoms. The van der Waals surface area contributed by atoms with Crippen LogP contribution in [0.25, 0.3) is 0 Å². The lowest BCUT2D eigenvalue weighted by molar-refractivity contribution is -0.140. The molecule has 0 fully saturated rings. The van der Waals surface area contributed by atoms with E-state index >= 15 is 0 Å². The predicted octanol–water partition coefficient (Wildman–Crippen LogP) is 3.59. The summed E-state index contributed by atoms with van der Waals surface area (Å²) in [6.45, 7) is 0. The first-order valence-corrected chi connectivity index (χ1v) is 4.12. The highest BCUT2D eigenvalue weighted by Crippen LogP contribution is 2.32. The average molecular weight is 308 g/mol. The van der Waals surface area contributed by atoms with Crippen molar-refractivity contribution in [3.8, 4) is 0 Å². The Morgan fingerprint density at radius 2 is 1.54 bits per heavy atom. The molecule has 0 N–H and O–H groups in total. The van der Waals surface area contributed by atoms with E-state index in [1.165, 1.54) is 22.6 Å². The molecule has 0 aliphatic heterocycles. The van der Waals surface area contributed by atoms with E-state index < -0.39 is 23.4 Å². The van der Waals surface area contributed by atoms with E-state index in [-0.39, 0.29) is 9.64 Å². The van der Waals surface area contributed by atoms with E-state index in [0.29, 0.717) is 6.07 Å². The van der Waals surface area contributed by atoms with Crippen LogP contribution >= 0.6 is 22.6 Å². The highest BCUT2D eigenvalue weighted by Gasteiger charge is 2.34. The van der Waals surface area contributed by atoms with E-state index in [9.17, 15) is 22.0 Å². The van der Waals surface area contributed by atoms with E-state index in [1.54, 1.807) is 0 Å². The van der Waals surface area contributed by atoms with Gasteiger partial charge < -0.3 is 0 Å². The van der Waals surface area contributed by atoms with Crippen molar-refractivity contribution in [1.29, 1.82) is 0 Å². The van der Waals surface area contributed by atoms with Gasteiger partial charge in [-0.1, -0.05) is 0 Å². The lowest BCUT2D eigenvalue weighted by Crippen LogP contribution is -2.09. The zero-order valence-corrected chi connectivity index (χ0v) is 8.08. The summed E-state index contributed by atoms with van der Waals surface area (Å²) in [7, 11) is 0. The van der Waals surface area contributed by atoms with Crippen LogP contribution in [0, 0.1) is 15.2 Å². The summed E-state index contributed by atoms with van der Waals surface area (Å²) in [5, 5.41) is 0. The largest absolute Gasteiger partial charge is 0.419 e. The van der Waals surface area contributed by atoms with Gasteiger partial charge in [0.1, 0.15) is 11.6 Å². The molecule has 6 heteroatoms. The van der Waals surface area contributed by atoms with Gasteiger partial charge in [0.25, 0.3) is 0 Å². The van der Waals surface area contributed by atoms with Crippen LogP contribution in [-0.4, -0.2) is 0 Å². The zero-order valence-electron chi connectivity index (χ0n) is 5.92. The molecule has 0 nitrogen and oxygen atoms in total. The Morgan fingerprint density at radius 1 is 1.00 bits per heavy atom. The molecule has 0 heterocycles. The molecule has 0 radical (unpaired) electrons. The third kappa shape index (κ3) is 2.29. The second kappa shape index (κ2) is 3.39. The molecule has 0 aliphatic rings. The SMILES string of the molecule is Fc1cc(F)c(C(F)(F)F)cc1I. The summed E-state index contributed by atoms with van der Waals surface area (Å²) in [6, 6.07) is 0.663. The van der Waals surface area contributed by atoms with Crippen LogP contribution in [0.1, 0.15) is 5.56 Å². The Balaban J connectivity index is 3.32. The maximum absolute atomic E-state index is 12.6. The third-order valence-electron chi connectivity index (χ3n) is 1.32. The van der Waals surface area contributed by atoms with Crippen molar-refractivity contribution in [3.05, 3.63) is 32.9 Å². The fourth-order valence-electron chi connectivity index (χ4n) is 0.740. The van der Waals surface area contributed by atoms with Gasteiger partial charge in [-0.15, -0.1) is 0 Å².